The van der Waals surface area contributed by atoms with Gasteiger partial charge in [0, 0.05) is 23.1 Å². The molecule has 0 bridgehead atoms. The Morgan fingerprint density at radius 2 is 1.88 bits per heavy atom. The number of pyridine rings is 1. The normalized spacial score (nSPS) is 17.0. The Hall–Kier alpha value is -3.04. The highest BCUT2D eigenvalue weighted by Crippen LogP contribution is 2.36. The van der Waals surface area contributed by atoms with E-state index in [0.717, 1.165) is 18.4 Å². The van der Waals surface area contributed by atoms with Crippen LogP contribution in [-0.2, 0) is 15.9 Å². The molecule has 3 aromatic rings. The topological polar surface area (TPSA) is 89.9 Å². The highest BCUT2D eigenvalue weighted by Gasteiger charge is 2.33. The molecular weight excluding hydrogens is 547 g/mol. The fraction of sp³-hybridized carbons (Fsp3) is 0.438. The SMILES string of the molecule is COc1cc(C(=O)CCC(C)(O)c2cc(C(C)(C)NC3COC3)cc(-c3ccc(F)c(Cl)c3)n2)ccc1OC1CC1. The quantitative estimate of drug-likeness (QED) is 0.246. The first-order valence-electron chi connectivity index (χ1n) is 13.9. The van der Waals surface area contributed by atoms with Gasteiger partial charge < -0.3 is 24.6 Å². The van der Waals surface area contributed by atoms with E-state index in [-0.39, 0.29) is 35.8 Å². The van der Waals surface area contributed by atoms with Crippen LogP contribution in [0.2, 0.25) is 5.02 Å². The number of rotatable bonds is 12. The van der Waals surface area contributed by atoms with E-state index in [1.807, 2.05) is 26.0 Å². The number of ether oxygens (including phenoxy) is 3. The van der Waals surface area contributed by atoms with Gasteiger partial charge in [0.15, 0.2) is 17.3 Å². The molecule has 9 heteroatoms. The molecule has 1 unspecified atom stereocenters. The van der Waals surface area contributed by atoms with Crippen LogP contribution in [0.25, 0.3) is 11.3 Å². The fourth-order valence-corrected chi connectivity index (χ4v) is 5.00. The maximum Gasteiger partial charge on any atom is 0.163 e. The van der Waals surface area contributed by atoms with Gasteiger partial charge in [-0.3, -0.25) is 4.79 Å². The highest BCUT2D eigenvalue weighted by atomic mass is 35.5. The van der Waals surface area contributed by atoms with Crippen molar-refractivity contribution in [3.63, 3.8) is 0 Å². The summed E-state index contributed by atoms with van der Waals surface area (Å²) in [6.07, 6.45) is 2.48. The summed E-state index contributed by atoms with van der Waals surface area (Å²) in [4.78, 5) is 17.9. The summed E-state index contributed by atoms with van der Waals surface area (Å²) in [6.45, 7) is 7.00. The lowest BCUT2D eigenvalue weighted by atomic mass is 9.87. The second-order valence-corrected chi connectivity index (χ2v) is 12.0. The minimum absolute atomic E-state index is 0.0124. The van der Waals surface area contributed by atoms with Crippen LogP contribution in [-0.4, -0.2) is 48.3 Å². The largest absolute Gasteiger partial charge is 0.493 e. The van der Waals surface area contributed by atoms with Crippen molar-refractivity contribution in [1.82, 2.24) is 10.3 Å². The van der Waals surface area contributed by atoms with E-state index in [1.165, 1.54) is 12.1 Å². The zero-order valence-electron chi connectivity index (χ0n) is 23.8. The molecule has 218 valence electrons. The van der Waals surface area contributed by atoms with Crippen molar-refractivity contribution in [2.75, 3.05) is 20.3 Å². The molecule has 0 radical (unpaired) electrons. The van der Waals surface area contributed by atoms with Crippen LogP contribution in [0.5, 0.6) is 11.5 Å². The van der Waals surface area contributed by atoms with Crippen LogP contribution >= 0.6 is 11.6 Å². The van der Waals surface area contributed by atoms with Crippen molar-refractivity contribution in [3.8, 4) is 22.8 Å². The summed E-state index contributed by atoms with van der Waals surface area (Å²) in [7, 11) is 1.55. The van der Waals surface area contributed by atoms with Crippen LogP contribution in [0.15, 0.2) is 48.5 Å². The monoisotopic (exact) mass is 582 g/mol. The van der Waals surface area contributed by atoms with Crippen LogP contribution in [0.1, 0.15) is 68.1 Å². The molecular formula is C32H36ClFN2O5. The molecule has 1 atom stereocenters. The first-order chi connectivity index (χ1) is 19.4. The molecule has 2 fully saturated rings. The highest BCUT2D eigenvalue weighted by molar-refractivity contribution is 6.31. The number of nitrogens with one attached hydrogen (secondary N) is 1. The predicted molar refractivity (Wildman–Crippen MR) is 155 cm³/mol. The number of hydrogen-bond donors (Lipinski definition) is 2. The van der Waals surface area contributed by atoms with Crippen molar-refractivity contribution in [2.24, 2.45) is 0 Å². The first-order valence-corrected chi connectivity index (χ1v) is 14.3. The van der Waals surface area contributed by atoms with E-state index < -0.39 is 17.0 Å². The summed E-state index contributed by atoms with van der Waals surface area (Å²) in [5, 5.41) is 15.2. The van der Waals surface area contributed by atoms with Gasteiger partial charge >= 0.3 is 0 Å². The third-order valence-corrected chi connectivity index (χ3v) is 7.95. The minimum atomic E-state index is -1.43. The molecule has 0 amide bonds. The van der Waals surface area contributed by atoms with Gasteiger partial charge in [0.1, 0.15) is 11.4 Å². The summed E-state index contributed by atoms with van der Waals surface area (Å²) in [6, 6.07) is 13.6. The van der Waals surface area contributed by atoms with E-state index >= 15 is 0 Å². The number of Topliss-reactive ketones (excluding diaryl/α,β-unsaturated/α-hetero) is 1. The lowest BCUT2D eigenvalue weighted by Crippen LogP contribution is -2.53. The van der Waals surface area contributed by atoms with Crippen molar-refractivity contribution in [1.29, 1.82) is 0 Å². The Balaban J connectivity index is 1.40. The predicted octanol–water partition coefficient (Wildman–Crippen LogP) is 6.19. The third kappa shape index (κ3) is 6.89. The Bertz CT molecular complexity index is 1440. The van der Waals surface area contributed by atoms with Crippen molar-refractivity contribution >= 4 is 17.4 Å². The number of carbonyl (C=O) groups excluding carboxylic acids is 1. The second kappa shape index (κ2) is 11.7. The van der Waals surface area contributed by atoms with Crippen LogP contribution < -0.4 is 14.8 Å². The molecule has 5 rings (SSSR count). The molecule has 1 aliphatic heterocycles. The number of carbonyl (C=O) groups is 1. The summed E-state index contributed by atoms with van der Waals surface area (Å²) < 4.78 is 30.6. The maximum absolute atomic E-state index is 13.9. The Kier molecular flexibility index (Phi) is 8.39. The number of hydrogen-bond acceptors (Lipinski definition) is 7. The van der Waals surface area contributed by atoms with Gasteiger partial charge in [0.25, 0.3) is 0 Å². The number of benzene rings is 2. The van der Waals surface area contributed by atoms with Gasteiger partial charge in [-0.05, 0) is 94.1 Å². The molecule has 1 aliphatic carbocycles. The molecule has 2 heterocycles. The van der Waals surface area contributed by atoms with Crippen LogP contribution in [0, 0.1) is 5.82 Å². The van der Waals surface area contributed by atoms with Crippen molar-refractivity contribution < 1.29 is 28.5 Å². The lowest BCUT2D eigenvalue weighted by Gasteiger charge is -2.37. The zero-order valence-corrected chi connectivity index (χ0v) is 24.6. The van der Waals surface area contributed by atoms with E-state index in [9.17, 15) is 14.3 Å². The Morgan fingerprint density at radius 3 is 2.51 bits per heavy atom. The van der Waals surface area contributed by atoms with Gasteiger partial charge in [-0.25, -0.2) is 9.37 Å². The van der Waals surface area contributed by atoms with Gasteiger partial charge in [0.2, 0.25) is 0 Å². The molecule has 0 spiro atoms. The van der Waals surface area contributed by atoms with Crippen molar-refractivity contribution in [3.05, 3.63) is 76.2 Å². The molecule has 2 aromatic carbocycles. The maximum atomic E-state index is 13.9. The molecule has 2 N–H and O–H groups in total. The lowest BCUT2D eigenvalue weighted by molar-refractivity contribution is -0.0171. The summed E-state index contributed by atoms with van der Waals surface area (Å²) >= 11 is 6.09. The Morgan fingerprint density at radius 1 is 1.12 bits per heavy atom. The van der Waals surface area contributed by atoms with Gasteiger partial charge in [-0.15, -0.1) is 0 Å². The van der Waals surface area contributed by atoms with E-state index in [4.69, 9.17) is 30.8 Å². The molecule has 7 nitrogen and oxygen atoms in total. The molecule has 2 aliphatic rings. The van der Waals surface area contributed by atoms with Gasteiger partial charge in [0.05, 0.1) is 48.9 Å². The number of halogens is 2. The number of nitrogens with zero attached hydrogens (tertiary/aromatic N) is 1. The smallest absolute Gasteiger partial charge is 0.163 e. The number of aromatic nitrogens is 1. The third-order valence-electron chi connectivity index (χ3n) is 7.66. The van der Waals surface area contributed by atoms with Gasteiger partial charge in [-0.2, -0.15) is 0 Å². The molecule has 41 heavy (non-hydrogen) atoms. The van der Waals surface area contributed by atoms with E-state index in [1.54, 1.807) is 38.3 Å². The van der Waals surface area contributed by atoms with Crippen LogP contribution in [0.4, 0.5) is 4.39 Å². The fourth-order valence-electron chi connectivity index (χ4n) is 4.82. The van der Waals surface area contributed by atoms with E-state index in [2.05, 4.69) is 5.32 Å². The van der Waals surface area contributed by atoms with Gasteiger partial charge in [-0.1, -0.05) is 11.6 Å². The second-order valence-electron chi connectivity index (χ2n) is 11.6. The standard InChI is InChI=1S/C32H36ClFN2O5/c1-31(2,36-22-17-40-18-22)21-15-26(19-5-9-25(34)24(33)13-19)35-30(16-21)32(3,38)12-11-27(37)20-6-10-28(29(14-20)39-4)41-23-7-8-23/h5-6,9-10,13-16,22-23,36,38H,7-8,11-12,17-18H2,1-4H3. The average Bonchev–Trinajstić information content (AvgIpc) is 3.75. The zero-order chi connectivity index (χ0) is 29.4. The number of aliphatic hydroxyl groups is 1. The summed E-state index contributed by atoms with van der Waals surface area (Å²) in [5.41, 5.74) is 1.01. The van der Waals surface area contributed by atoms with E-state index in [0.29, 0.717) is 47.2 Å². The molecule has 1 aromatic heterocycles. The first kappa shape index (κ1) is 29.5. The average molecular weight is 583 g/mol. The Labute approximate surface area is 245 Å². The number of ketones is 1. The minimum Gasteiger partial charge on any atom is -0.493 e. The number of methoxy groups -OCH3 is 1. The van der Waals surface area contributed by atoms with Crippen molar-refractivity contribution in [2.45, 2.75) is 69.7 Å². The molecule has 1 saturated carbocycles. The molecule has 1 saturated heterocycles. The summed E-state index contributed by atoms with van der Waals surface area (Å²) in [5.74, 6) is 0.485. The van der Waals surface area contributed by atoms with Crippen LogP contribution in [0.3, 0.4) is 0 Å².